The number of hydrogen-bond donors (Lipinski definition) is 3. The van der Waals surface area contributed by atoms with Gasteiger partial charge >= 0.3 is 6.18 Å². The van der Waals surface area contributed by atoms with Crippen molar-refractivity contribution in [2.45, 2.75) is 31.4 Å². The van der Waals surface area contributed by atoms with Gasteiger partial charge in [0.05, 0.1) is 11.1 Å². The van der Waals surface area contributed by atoms with Crippen molar-refractivity contribution >= 4 is 23.2 Å². The highest BCUT2D eigenvalue weighted by atomic mass is 19.4. The van der Waals surface area contributed by atoms with Crippen molar-refractivity contribution in [1.29, 1.82) is 0 Å². The normalized spacial score (nSPS) is 17.0. The summed E-state index contributed by atoms with van der Waals surface area (Å²) in [7, 11) is 0. The predicted molar refractivity (Wildman–Crippen MR) is 105 cm³/mol. The molecule has 1 aliphatic rings. The molecule has 3 rings (SSSR count). The zero-order valence-corrected chi connectivity index (χ0v) is 16.5. The number of nitrogens with one attached hydrogen (secondary N) is 1. The SMILES string of the molecule is N/C(=N\O)c1cc(NC(=O)c2cc(C(F)(F)F)cnc2N2CCCC(F)(F)CC2)ccn1. The molecule has 2 aromatic rings. The molecule has 0 aromatic carbocycles. The standard InChI is InChI=1S/C19H19F5N6O2/c20-18(21)3-1-6-30(7-4-18)16-13(8-11(10-27-16)19(22,23)24)17(31)28-12-2-5-26-14(9-12)15(25)29-32/h2,5,8-10,32H,1,3-4,6-7H2,(H2,25,29)(H,26,28,31). The van der Waals surface area contributed by atoms with E-state index in [1.54, 1.807) is 0 Å². The smallest absolute Gasteiger partial charge is 0.409 e. The summed E-state index contributed by atoms with van der Waals surface area (Å²) < 4.78 is 67.2. The number of nitrogens with two attached hydrogens (primary N) is 1. The molecule has 32 heavy (non-hydrogen) atoms. The molecule has 1 amide bonds. The van der Waals surface area contributed by atoms with Gasteiger partial charge in [0.2, 0.25) is 5.92 Å². The summed E-state index contributed by atoms with van der Waals surface area (Å²) in [5.74, 6) is -4.30. The van der Waals surface area contributed by atoms with Crippen molar-refractivity contribution in [1.82, 2.24) is 9.97 Å². The van der Waals surface area contributed by atoms with Crippen LogP contribution in [-0.2, 0) is 6.18 Å². The summed E-state index contributed by atoms with van der Waals surface area (Å²) in [6, 6.07) is 3.23. The summed E-state index contributed by atoms with van der Waals surface area (Å²) in [6.45, 7) is -0.0638. The van der Waals surface area contributed by atoms with Gasteiger partial charge in [-0.15, -0.1) is 0 Å². The fourth-order valence-electron chi connectivity index (χ4n) is 3.21. The summed E-state index contributed by atoms with van der Waals surface area (Å²) >= 11 is 0. The maximum atomic E-state index is 13.7. The summed E-state index contributed by atoms with van der Waals surface area (Å²) in [5, 5.41) is 14.0. The van der Waals surface area contributed by atoms with Gasteiger partial charge in [0, 0.05) is 44.0 Å². The second-order valence-electron chi connectivity index (χ2n) is 7.16. The number of amidine groups is 1. The monoisotopic (exact) mass is 458 g/mol. The van der Waals surface area contributed by atoms with Crippen LogP contribution in [0.2, 0.25) is 0 Å². The highest BCUT2D eigenvalue weighted by molar-refractivity contribution is 6.08. The van der Waals surface area contributed by atoms with Crippen LogP contribution in [0.15, 0.2) is 35.7 Å². The van der Waals surface area contributed by atoms with E-state index in [9.17, 15) is 26.7 Å². The quantitative estimate of drug-likeness (QED) is 0.212. The Morgan fingerprint density at radius 3 is 2.66 bits per heavy atom. The summed E-state index contributed by atoms with van der Waals surface area (Å²) in [4.78, 5) is 21.9. The number of alkyl halides is 5. The third kappa shape index (κ3) is 5.39. The Kier molecular flexibility index (Phi) is 6.46. The van der Waals surface area contributed by atoms with Crippen molar-refractivity contribution in [3.63, 3.8) is 0 Å². The van der Waals surface area contributed by atoms with E-state index in [1.807, 2.05) is 0 Å². The van der Waals surface area contributed by atoms with Gasteiger partial charge < -0.3 is 21.2 Å². The Hall–Kier alpha value is -3.51. The van der Waals surface area contributed by atoms with E-state index >= 15 is 0 Å². The molecule has 0 saturated carbocycles. The molecule has 172 valence electrons. The largest absolute Gasteiger partial charge is 0.417 e. The molecular formula is C19H19F5N6O2. The van der Waals surface area contributed by atoms with Gasteiger partial charge in [-0.3, -0.25) is 9.78 Å². The topological polar surface area (TPSA) is 117 Å². The fraction of sp³-hybridized carbons (Fsp3) is 0.368. The maximum Gasteiger partial charge on any atom is 0.417 e. The van der Waals surface area contributed by atoms with E-state index in [4.69, 9.17) is 10.9 Å². The minimum absolute atomic E-state index is 0.0161. The minimum atomic E-state index is -4.76. The van der Waals surface area contributed by atoms with Gasteiger partial charge in [-0.1, -0.05) is 5.16 Å². The van der Waals surface area contributed by atoms with Crippen LogP contribution in [0.4, 0.5) is 33.5 Å². The molecule has 0 unspecified atom stereocenters. The molecule has 0 aliphatic carbocycles. The van der Waals surface area contributed by atoms with E-state index in [-0.39, 0.29) is 49.0 Å². The lowest BCUT2D eigenvalue weighted by Crippen LogP contribution is -2.30. The molecule has 13 heteroatoms. The van der Waals surface area contributed by atoms with Crippen LogP contribution < -0.4 is 16.0 Å². The first-order valence-corrected chi connectivity index (χ1v) is 9.45. The van der Waals surface area contributed by atoms with Gasteiger partial charge in [0.15, 0.2) is 5.84 Å². The average molecular weight is 458 g/mol. The van der Waals surface area contributed by atoms with Crippen LogP contribution in [0.3, 0.4) is 0 Å². The molecule has 0 spiro atoms. The van der Waals surface area contributed by atoms with Crippen LogP contribution in [0.25, 0.3) is 0 Å². The Morgan fingerprint density at radius 1 is 1.22 bits per heavy atom. The Morgan fingerprint density at radius 2 is 1.97 bits per heavy atom. The highest BCUT2D eigenvalue weighted by Gasteiger charge is 2.35. The predicted octanol–water partition coefficient (Wildman–Crippen LogP) is 3.47. The van der Waals surface area contributed by atoms with E-state index in [1.165, 1.54) is 23.2 Å². The number of anilines is 2. The number of aromatic nitrogens is 2. The van der Waals surface area contributed by atoms with E-state index < -0.39 is 35.6 Å². The number of amides is 1. The third-order valence-corrected chi connectivity index (χ3v) is 4.84. The van der Waals surface area contributed by atoms with Crippen LogP contribution in [-0.4, -0.2) is 45.9 Å². The van der Waals surface area contributed by atoms with Crippen LogP contribution >= 0.6 is 0 Å². The van der Waals surface area contributed by atoms with Crippen molar-refractivity contribution < 1.29 is 32.0 Å². The Labute approximate surface area is 178 Å². The molecule has 0 radical (unpaired) electrons. The summed E-state index contributed by atoms with van der Waals surface area (Å²) in [6.07, 6.45) is -3.74. The number of oxime groups is 1. The number of carbonyl (C=O) groups is 1. The molecular weight excluding hydrogens is 439 g/mol. The zero-order valence-electron chi connectivity index (χ0n) is 16.5. The molecule has 3 heterocycles. The van der Waals surface area contributed by atoms with Crippen molar-refractivity contribution in [2.24, 2.45) is 10.9 Å². The lowest BCUT2D eigenvalue weighted by molar-refractivity contribution is -0.137. The van der Waals surface area contributed by atoms with Crippen LogP contribution in [0.5, 0.6) is 0 Å². The lowest BCUT2D eigenvalue weighted by Gasteiger charge is -2.24. The zero-order chi connectivity index (χ0) is 23.5. The third-order valence-electron chi connectivity index (χ3n) is 4.84. The van der Waals surface area contributed by atoms with Gasteiger partial charge in [-0.2, -0.15) is 13.2 Å². The first-order valence-electron chi connectivity index (χ1n) is 9.45. The number of nitrogens with zero attached hydrogens (tertiary/aromatic N) is 4. The van der Waals surface area contributed by atoms with E-state index in [0.29, 0.717) is 12.3 Å². The minimum Gasteiger partial charge on any atom is -0.409 e. The van der Waals surface area contributed by atoms with E-state index in [0.717, 1.165) is 0 Å². The van der Waals surface area contributed by atoms with Gasteiger partial charge in [0.25, 0.3) is 5.91 Å². The van der Waals surface area contributed by atoms with Gasteiger partial charge in [0.1, 0.15) is 11.5 Å². The van der Waals surface area contributed by atoms with Crippen molar-refractivity contribution in [2.75, 3.05) is 23.3 Å². The highest BCUT2D eigenvalue weighted by Crippen LogP contribution is 2.34. The molecule has 1 aliphatic heterocycles. The number of carbonyl (C=O) groups excluding carboxylic acids is 1. The average Bonchev–Trinajstić information content (AvgIpc) is 2.92. The molecule has 1 saturated heterocycles. The molecule has 1 fully saturated rings. The van der Waals surface area contributed by atoms with Gasteiger partial charge in [-0.25, -0.2) is 13.8 Å². The second kappa shape index (κ2) is 8.93. The number of pyridine rings is 2. The van der Waals surface area contributed by atoms with Crippen molar-refractivity contribution in [3.8, 4) is 0 Å². The maximum absolute atomic E-state index is 13.7. The first kappa shape index (κ1) is 23.2. The lowest BCUT2D eigenvalue weighted by atomic mass is 10.1. The second-order valence-corrected chi connectivity index (χ2v) is 7.16. The number of halogens is 5. The van der Waals surface area contributed by atoms with Crippen LogP contribution in [0.1, 0.15) is 40.9 Å². The molecule has 0 bridgehead atoms. The van der Waals surface area contributed by atoms with E-state index in [2.05, 4.69) is 20.4 Å². The molecule has 8 nitrogen and oxygen atoms in total. The first-order chi connectivity index (χ1) is 15.0. The fourth-order valence-corrected chi connectivity index (χ4v) is 3.21. The van der Waals surface area contributed by atoms with Crippen LogP contribution in [0, 0.1) is 0 Å². The number of hydrogen-bond acceptors (Lipinski definition) is 6. The Bertz CT molecular complexity index is 1030. The summed E-state index contributed by atoms with van der Waals surface area (Å²) in [5.41, 5.74) is 4.00. The van der Waals surface area contributed by atoms with Gasteiger partial charge in [-0.05, 0) is 24.6 Å². The number of rotatable bonds is 4. The van der Waals surface area contributed by atoms with Crippen molar-refractivity contribution in [3.05, 3.63) is 47.4 Å². The Balaban J connectivity index is 1.96. The molecule has 4 N–H and O–H groups in total. The molecule has 2 aromatic heterocycles. The molecule has 0 atom stereocenters.